The number of likely N-dealkylation sites (tertiary alicyclic amines) is 1. The van der Waals surface area contributed by atoms with Gasteiger partial charge in [0.2, 0.25) is 0 Å². The first kappa shape index (κ1) is 23.1. The zero-order valence-corrected chi connectivity index (χ0v) is 20.3. The summed E-state index contributed by atoms with van der Waals surface area (Å²) in [4.78, 5) is 34.4. The van der Waals surface area contributed by atoms with E-state index in [0.29, 0.717) is 22.4 Å². The van der Waals surface area contributed by atoms with E-state index in [-0.39, 0.29) is 5.56 Å². The first-order valence-corrected chi connectivity index (χ1v) is 12.7. The highest BCUT2D eigenvalue weighted by atomic mass is 32.1. The Morgan fingerprint density at radius 2 is 1.80 bits per heavy atom. The quantitative estimate of drug-likeness (QED) is 0.392. The van der Waals surface area contributed by atoms with E-state index in [9.17, 15) is 9.59 Å². The largest absolute Gasteiger partial charge is 0.298 e. The minimum absolute atomic E-state index is 0.0199. The number of hydrogen-bond donors (Lipinski definition) is 2. The molecule has 2 aromatic heterocycles. The summed E-state index contributed by atoms with van der Waals surface area (Å²) in [5, 5.41) is 10.2. The summed E-state index contributed by atoms with van der Waals surface area (Å²) >= 11 is 1.45. The van der Waals surface area contributed by atoms with Crippen LogP contribution in [0.2, 0.25) is 0 Å². The molecule has 5 rings (SSSR count). The molecule has 35 heavy (non-hydrogen) atoms. The van der Waals surface area contributed by atoms with Crippen molar-refractivity contribution in [1.82, 2.24) is 20.1 Å². The zero-order valence-electron chi connectivity index (χ0n) is 19.5. The first-order chi connectivity index (χ1) is 17.1. The Morgan fingerprint density at radius 3 is 2.51 bits per heavy atom. The van der Waals surface area contributed by atoms with E-state index in [2.05, 4.69) is 32.3 Å². The monoisotopic (exact) mass is 485 g/mol. The lowest BCUT2D eigenvalue weighted by molar-refractivity contribution is 0.102. The molecular formula is C27H27N5O2S. The molecule has 1 amide bonds. The normalized spacial score (nSPS) is 16.2. The lowest BCUT2D eigenvalue weighted by Gasteiger charge is -2.32. The predicted molar refractivity (Wildman–Crippen MR) is 140 cm³/mol. The number of piperidine rings is 1. The Hall–Kier alpha value is -3.62. The van der Waals surface area contributed by atoms with Gasteiger partial charge in [0.1, 0.15) is 5.56 Å². The molecule has 2 N–H and O–H groups in total. The summed E-state index contributed by atoms with van der Waals surface area (Å²) in [6.07, 6.45) is 5.51. The van der Waals surface area contributed by atoms with Gasteiger partial charge in [0.25, 0.3) is 11.5 Å². The molecule has 1 aliphatic heterocycles. The fourth-order valence-corrected chi connectivity index (χ4v) is 5.38. The third-order valence-corrected chi connectivity index (χ3v) is 7.29. The second-order valence-corrected chi connectivity index (χ2v) is 9.90. The highest BCUT2D eigenvalue weighted by Gasteiger charge is 2.24. The Bertz CT molecular complexity index is 1370. The van der Waals surface area contributed by atoms with Gasteiger partial charge >= 0.3 is 0 Å². The first-order valence-electron chi connectivity index (χ1n) is 11.8. The van der Waals surface area contributed by atoms with Gasteiger partial charge in [-0.3, -0.25) is 19.8 Å². The van der Waals surface area contributed by atoms with E-state index >= 15 is 0 Å². The summed E-state index contributed by atoms with van der Waals surface area (Å²) in [6, 6.07) is 19.5. The molecule has 0 spiro atoms. The van der Waals surface area contributed by atoms with Crippen molar-refractivity contribution in [3.05, 3.63) is 87.7 Å². The summed E-state index contributed by atoms with van der Waals surface area (Å²) < 4.78 is 0. The van der Waals surface area contributed by atoms with Crippen LogP contribution in [0.25, 0.3) is 22.4 Å². The van der Waals surface area contributed by atoms with Gasteiger partial charge in [0.05, 0.1) is 5.69 Å². The maximum absolute atomic E-state index is 13.5. The number of anilines is 1. The van der Waals surface area contributed by atoms with E-state index in [1.165, 1.54) is 30.6 Å². The fraction of sp³-hybridized carbons (Fsp3) is 0.259. The van der Waals surface area contributed by atoms with Crippen molar-refractivity contribution in [1.29, 1.82) is 0 Å². The van der Waals surface area contributed by atoms with Gasteiger partial charge in [-0.1, -0.05) is 67.1 Å². The van der Waals surface area contributed by atoms with Crippen LogP contribution in [0, 0.1) is 0 Å². The van der Waals surface area contributed by atoms with Gasteiger partial charge in [0, 0.05) is 34.8 Å². The molecule has 4 aromatic rings. The van der Waals surface area contributed by atoms with Crippen LogP contribution in [0.1, 0.15) is 41.4 Å². The van der Waals surface area contributed by atoms with Crippen LogP contribution >= 0.6 is 11.3 Å². The molecular weight excluding hydrogens is 458 g/mol. The lowest BCUT2D eigenvalue weighted by Crippen LogP contribution is -2.36. The maximum atomic E-state index is 13.5. The third-order valence-electron chi connectivity index (χ3n) is 6.39. The third kappa shape index (κ3) is 5.08. The number of hydrogen-bond acceptors (Lipinski definition) is 6. The molecule has 1 saturated heterocycles. The number of aromatic nitrogens is 3. The lowest BCUT2D eigenvalue weighted by atomic mass is 9.95. The average Bonchev–Trinajstić information content (AvgIpc) is 3.32. The highest BCUT2D eigenvalue weighted by molar-refractivity contribution is 7.15. The molecule has 0 aliphatic carbocycles. The summed E-state index contributed by atoms with van der Waals surface area (Å²) in [5.41, 5.74) is 2.07. The molecule has 1 fully saturated rings. The number of aromatic amines is 1. The van der Waals surface area contributed by atoms with Crippen molar-refractivity contribution < 1.29 is 4.79 Å². The van der Waals surface area contributed by atoms with Crippen LogP contribution in [0.15, 0.2) is 71.7 Å². The van der Waals surface area contributed by atoms with Crippen molar-refractivity contribution in [3.63, 3.8) is 0 Å². The van der Waals surface area contributed by atoms with Gasteiger partial charge in [-0.2, -0.15) is 5.10 Å². The Balaban J connectivity index is 1.47. The van der Waals surface area contributed by atoms with Crippen molar-refractivity contribution in [3.8, 4) is 22.4 Å². The molecule has 8 heteroatoms. The predicted octanol–water partition coefficient (Wildman–Crippen LogP) is 5.19. The van der Waals surface area contributed by atoms with E-state index in [1.54, 1.807) is 0 Å². The molecule has 178 valence electrons. The molecule has 1 aliphatic rings. The Kier molecular flexibility index (Phi) is 6.83. The summed E-state index contributed by atoms with van der Waals surface area (Å²) in [5.74, 6) is -0.503. The standard InChI is InChI=1S/C27H27N5O2S/c1-18-10-8-9-15-32(18)17-21-16-28-27(35-21)29-25(33)23-22(19-11-4-2-5-12-19)24(30-31-26(23)34)20-13-6-3-7-14-20/h2-7,11-14,16,18H,8-10,15,17H2,1H3,(H,31,34)(H,28,29,33). The summed E-state index contributed by atoms with van der Waals surface area (Å²) in [7, 11) is 0. The number of H-pyrrole nitrogens is 1. The van der Waals surface area contributed by atoms with Crippen LogP contribution in [0.5, 0.6) is 0 Å². The van der Waals surface area contributed by atoms with E-state index < -0.39 is 11.5 Å². The molecule has 7 nitrogen and oxygen atoms in total. The second kappa shape index (κ2) is 10.3. The fourth-order valence-electron chi connectivity index (χ4n) is 4.55. The molecule has 2 aromatic carbocycles. The Morgan fingerprint density at radius 1 is 1.09 bits per heavy atom. The smallest absolute Gasteiger partial charge is 0.277 e. The van der Waals surface area contributed by atoms with Crippen molar-refractivity contribution in [2.45, 2.75) is 38.8 Å². The molecule has 1 unspecified atom stereocenters. The SMILES string of the molecule is CC1CCCCN1Cc1cnc(NC(=O)c2c(-c3ccccc3)c(-c3ccccc3)n[nH]c2=O)s1. The molecule has 1 atom stereocenters. The van der Waals surface area contributed by atoms with Gasteiger partial charge in [-0.05, 0) is 31.9 Å². The topological polar surface area (TPSA) is 91.0 Å². The van der Waals surface area contributed by atoms with Crippen molar-refractivity contribution in [2.24, 2.45) is 0 Å². The van der Waals surface area contributed by atoms with Gasteiger partial charge in [0.15, 0.2) is 5.13 Å². The van der Waals surface area contributed by atoms with Crippen molar-refractivity contribution >= 4 is 22.4 Å². The van der Waals surface area contributed by atoms with Crippen LogP contribution in [-0.4, -0.2) is 38.6 Å². The van der Waals surface area contributed by atoms with Gasteiger partial charge < -0.3 is 0 Å². The summed E-state index contributed by atoms with van der Waals surface area (Å²) in [6.45, 7) is 4.15. The number of carbonyl (C=O) groups excluding carboxylic acids is 1. The van der Waals surface area contributed by atoms with Crippen LogP contribution in [0.4, 0.5) is 5.13 Å². The van der Waals surface area contributed by atoms with Gasteiger partial charge in [-0.25, -0.2) is 10.1 Å². The zero-order chi connectivity index (χ0) is 24.2. The van der Waals surface area contributed by atoms with E-state index in [4.69, 9.17) is 0 Å². The highest BCUT2D eigenvalue weighted by Crippen LogP contribution is 2.32. The number of amides is 1. The van der Waals surface area contributed by atoms with Crippen LogP contribution < -0.4 is 10.9 Å². The van der Waals surface area contributed by atoms with Crippen LogP contribution in [-0.2, 0) is 6.54 Å². The van der Waals surface area contributed by atoms with E-state index in [0.717, 1.165) is 29.1 Å². The number of carbonyl (C=O) groups is 1. The minimum atomic E-state index is -0.542. The number of nitrogens with zero attached hydrogens (tertiary/aromatic N) is 3. The maximum Gasteiger partial charge on any atom is 0.277 e. The number of benzene rings is 2. The van der Waals surface area contributed by atoms with Gasteiger partial charge in [-0.15, -0.1) is 11.3 Å². The van der Waals surface area contributed by atoms with E-state index in [1.807, 2.05) is 66.9 Å². The second-order valence-electron chi connectivity index (χ2n) is 8.78. The number of nitrogens with one attached hydrogen (secondary N) is 2. The van der Waals surface area contributed by atoms with Crippen LogP contribution in [0.3, 0.4) is 0 Å². The number of thiazole rings is 1. The molecule has 0 bridgehead atoms. The average molecular weight is 486 g/mol. The molecule has 0 radical (unpaired) electrons. The minimum Gasteiger partial charge on any atom is -0.298 e. The van der Waals surface area contributed by atoms with Crippen molar-refractivity contribution in [2.75, 3.05) is 11.9 Å². The number of rotatable bonds is 6. The molecule has 0 saturated carbocycles. The molecule has 3 heterocycles. The Labute approximate surface area is 207 Å².